The first-order valence-corrected chi connectivity index (χ1v) is 7.22. The van der Waals surface area contributed by atoms with E-state index in [4.69, 9.17) is 0 Å². The second-order valence-corrected chi connectivity index (χ2v) is 4.91. The Balaban J connectivity index is 2.15. The zero-order valence-corrected chi connectivity index (χ0v) is 12.5. The Morgan fingerprint density at radius 3 is 2.60 bits per heavy atom. The van der Waals surface area contributed by atoms with Gasteiger partial charge in [-0.1, -0.05) is 19.9 Å². The number of nitrogens with zero attached hydrogens (tertiary/aromatic N) is 3. The summed E-state index contributed by atoms with van der Waals surface area (Å²) in [7, 11) is 0. The van der Waals surface area contributed by atoms with Gasteiger partial charge in [0.15, 0.2) is 0 Å². The van der Waals surface area contributed by atoms with E-state index in [-0.39, 0.29) is 0 Å². The maximum absolute atomic E-state index is 4.50. The molecule has 0 aromatic carbocycles. The summed E-state index contributed by atoms with van der Waals surface area (Å²) >= 11 is 0. The van der Waals surface area contributed by atoms with Gasteiger partial charge in [-0.3, -0.25) is 4.98 Å². The molecule has 0 aliphatic heterocycles. The molecule has 0 saturated heterocycles. The standard InChI is InChI=1S/C16H22N4/c1-4-8-17-16-12(3)15(19-11-20-16)9-14-7-6-13(5-2)10-18-14/h6-7,10-11H,4-5,8-9H2,1-3H3,(H,17,19,20). The number of anilines is 1. The Labute approximate surface area is 120 Å². The molecule has 4 heteroatoms. The van der Waals surface area contributed by atoms with Crippen LogP contribution in [-0.2, 0) is 12.8 Å². The van der Waals surface area contributed by atoms with Gasteiger partial charge < -0.3 is 5.32 Å². The van der Waals surface area contributed by atoms with Crippen molar-refractivity contribution in [2.75, 3.05) is 11.9 Å². The Hall–Kier alpha value is -1.97. The van der Waals surface area contributed by atoms with Gasteiger partial charge in [0.2, 0.25) is 0 Å². The van der Waals surface area contributed by atoms with E-state index in [1.165, 1.54) is 5.56 Å². The van der Waals surface area contributed by atoms with Crippen molar-refractivity contribution in [3.05, 3.63) is 47.2 Å². The number of rotatable bonds is 6. The van der Waals surface area contributed by atoms with Gasteiger partial charge in [0.05, 0.1) is 5.69 Å². The molecule has 1 N–H and O–H groups in total. The van der Waals surface area contributed by atoms with Crippen molar-refractivity contribution in [2.24, 2.45) is 0 Å². The van der Waals surface area contributed by atoms with Crippen molar-refractivity contribution in [2.45, 2.75) is 40.0 Å². The summed E-state index contributed by atoms with van der Waals surface area (Å²) in [5.74, 6) is 0.932. The number of pyridine rings is 1. The smallest absolute Gasteiger partial charge is 0.132 e. The van der Waals surface area contributed by atoms with E-state index in [1.807, 2.05) is 6.20 Å². The fraction of sp³-hybridized carbons (Fsp3) is 0.438. The normalized spacial score (nSPS) is 10.6. The highest BCUT2D eigenvalue weighted by Gasteiger charge is 2.08. The first kappa shape index (κ1) is 14.4. The molecular weight excluding hydrogens is 248 g/mol. The molecule has 0 fully saturated rings. The van der Waals surface area contributed by atoms with E-state index in [9.17, 15) is 0 Å². The molecule has 4 nitrogen and oxygen atoms in total. The zero-order chi connectivity index (χ0) is 14.4. The SMILES string of the molecule is CCCNc1ncnc(Cc2ccc(CC)cn2)c1C. The summed E-state index contributed by atoms with van der Waals surface area (Å²) < 4.78 is 0. The van der Waals surface area contributed by atoms with Gasteiger partial charge in [-0.15, -0.1) is 0 Å². The van der Waals surface area contributed by atoms with Crippen LogP contribution in [0.5, 0.6) is 0 Å². The van der Waals surface area contributed by atoms with Crippen molar-refractivity contribution in [3.63, 3.8) is 0 Å². The fourth-order valence-electron chi connectivity index (χ4n) is 2.03. The Bertz CT molecular complexity index is 549. The highest BCUT2D eigenvalue weighted by Crippen LogP contribution is 2.16. The second kappa shape index (κ2) is 6.98. The van der Waals surface area contributed by atoms with Crippen LogP contribution in [0.25, 0.3) is 0 Å². The summed E-state index contributed by atoms with van der Waals surface area (Å²) in [6.45, 7) is 7.27. The molecule has 2 heterocycles. The third-order valence-corrected chi connectivity index (χ3v) is 3.37. The van der Waals surface area contributed by atoms with Crippen LogP contribution < -0.4 is 5.32 Å². The molecule has 0 aliphatic rings. The van der Waals surface area contributed by atoms with Crippen molar-refractivity contribution in [1.29, 1.82) is 0 Å². The Kier molecular flexibility index (Phi) is 5.04. The van der Waals surface area contributed by atoms with Gasteiger partial charge in [0.1, 0.15) is 12.1 Å². The van der Waals surface area contributed by atoms with Crippen LogP contribution in [0.15, 0.2) is 24.7 Å². The molecule has 0 spiro atoms. The van der Waals surface area contributed by atoms with Gasteiger partial charge in [-0.2, -0.15) is 0 Å². The second-order valence-electron chi connectivity index (χ2n) is 4.91. The molecule has 106 valence electrons. The minimum atomic E-state index is 0.749. The largest absolute Gasteiger partial charge is 0.370 e. The zero-order valence-electron chi connectivity index (χ0n) is 12.5. The molecule has 20 heavy (non-hydrogen) atoms. The molecule has 0 aliphatic carbocycles. The maximum atomic E-state index is 4.50. The molecule has 0 atom stereocenters. The molecule has 2 aromatic rings. The minimum Gasteiger partial charge on any atom is -0.370 e. The van der Waals surface area contributed by atoms with Crippen LogP contribution in [0, 0.1) is 6.92 Å². The van der Waals surface area contributed by atoms with Gasteiger partial charge in [-0.25, -0.2) is 9.97 Å². The molecular formula is C16H22N4. The van der Waals surface area contributed by atoms with Crippen LogP contribution in [0.1, 0.15) is 42.8 Å². The summed E-state index contributed by atoms with van der Waals surface area (Å²) in [4.78, 5) is 13.2. The molecule has 0 radical (unpaired) electrons. The first-order chi connectivity index (χ1) is 9.74. The Morgan fingerprint density at radius 1 is 1.10 bits per heavy atom. The van der Waals surface area contributed by atoms with Crippen molar-refractivity contribution in [1.82, 2.24) is 15.0 Å². The average molecular weight is 270 g/mol. The molecule has 0 saturated carbocycles. The van der Waals surface area contributed by atoms with Crippen LogP contribution in [0.3, 0.4) is 0 Å². The number of aromatic nitrogens is 3. The summed E-state index contributed by atoms with van der Waals surface area (Å²) in [6.07, 6.45) is 6.42. The first-order valence-electron chi connectivity index (χ1n) is 7.22. The van der Waals surface area contributed by atoms with E-state index < -0.39 is 0 Å². The van der Waals surface area contributed by atoms with Crippen LogP contribution >= 0.6 is 0 Å². The summed E-state index contributed by atoms with van der Waals surface area (Å²) in [6, 6.07) is 4.22. The lowest BCUT2D eigenvalue weighted by Gasteiger charge is -2.10. The van der Waals surface area contributed by atoms with E-state index >= 15 is 0 Å². The molecule has 0 bridgehead atoms. The van der Waals surface area contributed by atoms with E-state index in [0.717, 1.165) is 48.6 Å². The average Bonchev–Trinajstić information content (AvgIpc) is 2.49. The molecule has 2 aromatic heterocycles. The van der Waals surface area contributed by atoms with Gasteiger partial charge in [-0.05, 0) is 31.4 Å². The Morgan fingerprint density at radius 2 is 1.95 bits per heavy atom. The lowest BCUT2D eigenvalue weighted by atomic mass is 10.1. The predicted octanol–water partition coefficient (Wildman–Crippen LogP) is 3.16. The monoisotopic (exact) mass is 270 g/mol. The minimum absolute atomic E-state index is 0.749. The maximum Gasteiger partial charge on any atom is 0.132 e. The number of aryl methyl sites for hydroxylation is 1. The topological polar surface area (TPSA) is 50.7 Å². The number of hydrogen-bond acceptors (Lipinski definition) is 4. The molecule has 0 amide bonds. The van der Waals surface area contributed by atoms with Gasteiger partial charge in [0.25, 0.3) is 0 Å². The van der Waals surface area contributed by atoms with Crippen molar-refractivity contribution >= 4 is 5.82 Å². The number of hydrogen-bond donors (Lipinski definition) is 1. The van der Waals surface area contributed by atoms with Crippen LogP contribution in [0.2, 0.25) is 0 Å². The van der Waals surface area contributed by atoms with E-state index in [1.54, 1.807) is 6.33 Å². The third-order valence-electron chi connectivity index (χ3n) is 3.37. The molecule has 2 rings (SSSR count). The highest BCUT2D eigenvalue weighted by molar-refractivity contribution is 5.45. The number of nitrogens with one attached hydrogen (secondary N) is 1. The van der Waals surface area contributed by atoms with Crippen LogP contribution in [-0.4, -0.2) is 21.5 Å². The van der Waals surface area contributed by atoms with Crippen molar-refractivity contribution in [3.8, 4) is 0 Å². The fourth-order valence-corrected chi connectivity index (χ4v) is 2.03. The summed E-state index contributed by atoms with van der Waals surface area (Å²) in [5.41, 5.74) is 4.46. The third kappa shape index (κ3) is 3.53. The molecule has 0 unspecified atom stereocenters. The lowest BCUT2D eigenvalue weighted by molar-refractivity contribution is 0.928. The van der Waals surface area contributed by atoms with E-state index in [0.29, 0.717) is 0 Å². The predicted molar refractivity (Wildman–Crippen MR) is 82.0 cm³/mol. The summed E-state index contributed by atoms with van der Waals surface area (Å²) in [5, 5.41) is 3.34. The van der Waals surface area contributed by atoms with Gasteiger partial charge >= 0.3 is 0 Å². The van der Waals surface area contributed by atoms with Gasteiger partial charge in [0, 0.05) is 30.4 Å². The quantitative estimate of drug-likeness (QED) is 0.876. The lowest BCUT2D eigenvalue weighted by Crippen LogP contribution is -2.07. The van der Waals surface area contributed by atoms with E-state index in [2.05, 4.69) is 53.2 Å². The highest BCUT2D eigenvalue weighted by atomic mass is 15.0. The van der Waals surface area contributed by atoms with Crippen LogP contribution in [0.4, 0.5) is 5.82 Å². The van der Waals surface area contributed by atoms with Crippen molar-refractivity contribution < 1.29 is 0 Å².